The van der Waals surface area contributed by atoms with Crippen LogP contribution in [0.25, 0.3) is 0 Å². The number of aromatic nitrogens is 1. The molecule has 1 saturated carbocycles. The lowest BCUT2D eigenvalue weighted by Crippen LogP contribution is -2.30. The largest absolute Gasteiger partial charge is 0.493 e. The average Bonchev–Trinajstić information content (AvgIpc) is 2.38. The molecule has 2 rings (SSSR count). The molecule has 1 aliphatic carbocycles. The summed E-state index contributed by atoms with van der Waals surface area (Å²) in [7, 11) is 0. The van der Waals surface area contributed by atoms with Crippen LogP contribution in [0.2, 0.25) is 0 Å². The maximum Gasteiger partial charge on any atom is 0.125 e. The number of nitrogens with two attached hydrogens (primary N) is 1. The molecule has 2 unspecified atom stereocenters. The molecule has 0 bridgehead atoms. The van der Waals surface area contributed by atoms with E-state index in [4.69, 9.17) is 10.5 Å². The normalized spacial score (nSPS) is 24.6. The van der Waals surface area contributed by atoms with Gasteiger partial charge in [-0.05, 0) is 44.2 Å². The quantitative estimate of drug-likeness (QED) is 0.871. The molecular weight excluding hydrogens is 212 g/mol. The molecule has 0 amide bonds. The van der Waals surface area contributed by atoms with E-state index in [-0.39, 0.29) is 0 Å². The van der Waals surface area contributed by atoms with Crippen molar-refractivity contribution in [3.8, 4) is 5.75 Å². The van der Waals surface area contributed by atoms with Gasteiger partial charge in [-0.2, -0.15) is 0 Å². The van der Waals surface area contributed by atoms with Crippen LogP contribution in [0.3, 0.4) is 0 Å². The highest BCUT2D eigenvalue weighted by molar-refractivity contribution is 5.28. The van der Waals surface area contributed by atoms with Crippen molar-refractivity contribution < 1.29 is 4.74 Å². The lowest BCUT2D eigenvalue weighted by atomic mass is 9.80. The van der Waals surface area contributed by atoms with Crippen LogP contribution in [0.15, 0.2) is 18.5 Å². The van der Waals surface area contributed by atoms with E-state index in [1.54, 1.807) is 6.20 Å². The van der Waals surface area contributed by atoms with Gasteiger partial charge >= 0.3 is 0 Å². The number of nitrogens with zero attached hydrogens (tertiary/aromatic N) is 1. The fourth-order valence-electron chi connectivity index (χ4n) is 2.63. The summed E-state index contributed by atoms with van der Waals surface area (Å²) in [5.41, 5.74) is 6.93. The van der Waals surface area contributed by atoms with E-state index in [9.17, 15) is 0 Å². The van der Waals surface area contributed by atoms with E-state index in [1.807, 2.05) is 19.2 Å². The summed E-state index contributed by atoms with van der Waals surface area (Å²) in [6, 6.07) is 1.94. The Hall–Kier alpha value is -1.09. The maximum absolute atomic E-state index is 5.91. The molecule has 1 fully saturated rings. The van der Waals surface area contributed by atoms with E-state index in [0.29, 0.717) is 11.8 Å². The van der Waals surface area contributed by atoms with Gasteiger partial charge < -0.3 is 10.5 Å². The second kappa shape index (κ2) is 6.01. The zero-order chi connectivity index (χ0) is 12.1. The Morgan fingerprint density at radius 1 is 1.35 bits per heavy atom. The second-order valence-electron chi connectivity index (χ2n) is 4.99. The molecule has 17 heavy (non-hydrogen) atoms. The first-order valence-electron chi connectivity index (χ1n) is 6.54. The summed E-state index contributed by atoms with van der Waals surface area (Å²) >= 11 is 0. The van der Waals surface area contributed by atoms with Crippen LogP contribution in [0.1, 0.15) is 31.2 Å². The summed E-state index contributed by atoms with van der Waals surface area (Å²) < 4.78 is 5.91. The van der Waals surface area contributed by atoms with Gasteiger partial charge in [0.2, 0.25) is 0 Å². The number of pyridine rings is 1. The Bertz CT molecular complexity index is 354. The Morgan fingerprint density at radius 3 is 2.82 bits per heavy atom. The van der Waals surface area contributed by atoms with Crippen molar-refractivity contribution in [1.82, 2.24) is 4.98 Å². The summed E-state index contributed by atoms with van der Waals surface area (Å²) in [5.74, 6) is 2.23. The number of aryl methyl sites for hydroxylation is 1. The zero-order valence-electron chi connectivity index (χ0n) is 10.6. The summed E-state index contributed by atoms with van der Waals surface area (Å²) in [6.07, 6.45) is 8.79. The van der Waals surface area contributed by atoms with Gasteiger partial charge in [0.05, 0.1) is 6.61 Å². The molecular formula is C14H22N2O. The van der Waals surface area contributed by atoms with Gasteiger partial charge in [-0.3, -0.25) is 4.98 Å². The average molecular weight is 234 g/mol. The van der Waals surface area contributed by atoms with Crippen LogP contribution in [0, 0.1) is 18.8 Å². The molecule has 0 aliphatic heterocycles. The van der Waals surface area contributed by atoms with Crippen LogP contribution >= 0.6 is 0 Å². The first kappa shape index (κ1) is 12.4. The highest BCUT2D eigenvalue weighted by Crippen LogP contribution is 2.30. The third-order valence-corrected chi connectivity index (χ3v) is 3.79. The van der Waals surface area contributed by atoms with Crippen molar-refractivity contribution in [1.29, 1.82) is 0 Å². The van der Waals surface area contributed by atoms with Gasteiger partial charge in [-0.1, -0.05) is 12.8 Å². The van der Waals surface area contributed by atoms with Crippen LogP contribution in [-0.2, 0) is 0 Å². The standard InChI is InChI=1S/C14H22N2O/c1-11-9-16-7-6-14(11)17-10-13-5-3-2-4-12(13)8-15/h6-7,9,12-13H,2-5,8,10,15H2,1H3. The van der Waals surface area contributed by atoms with Crippen LogP contribution in [0.4, 0.5) is 0 Å². The molecule has 1 aliphatic rings. The van der Waals surface area contributed by atoms with Crippen LogP contribution in [0.5, 0.6) is 5.75 Å². The van der Waals surface area contributed by atoms with Crippen molar-refractivity contribution in [3.05, 3.63) is 24.0 Å². The molecule has 0 aromatic carbocycles. The summed E-state index contributed by atoms with van der Waals surface area (Å²) in [6.45, 7) is 3.62. The third kappa shape index (κ3) is 3.19. The van der Waals surface area contributed by atoms with E-state index in [0.717, 1.165) is 24.5 Å². The second-order valence-corrected chi connectivity index (χ2v) is 4.99. The number of rotatable bonds is 4. The minimum Gasteiger partial charge on any atom is -0.493 e. The lowest BCUT2D eigenvalue weighted by Gasteiger charge is -2.30. The summed E-state index contributed by atoms with van der Waals surface area (Å²) in [5, 5.41) is 0. The molecule has 94 valence electrons. The Kier molecular flexibility index (Phi) is 4.37. The van der Waals surface area contributed by atoms with E-state index >= 15 is 0 Å². The van der Waals surface area contributed by atoms with Crippen molar-refractivity contribution in [2.24, 2.45) is 17.6 Å². The fraction of sp³-hybridized carbons (Fsp3) is 0.643. The Labute approximate surface area is 103 Å². The van der Waals surface area contributed by atoms with Crippen molar-refractivity contribution in [3.63, 3.8) is 0 Å². The molecule has 0 radical (unpaired) electrons. The van der Waals surface area contributed by atoms with Gasteiger partial charge in [0.15, 0.2) is 0 Å². The van der Waals surface area contributed by atoms with Gasteiger partial charge in [-0.15, -0.1) is 0 Å². The van der Waals surface area contributed by atoms with Crippen molar-refractivity contribution >= 4 is 0 Å². The van der Waals surface area contributed by atoms with Gasteiger partial charge in [0, 0.05) is 18.0 Å². The smallest absolute Gasteiger partial charge is 0.125 e. The number of ether oxygens (including phenoxy) is 1. The molecule has 3 heteroatoms. The molecule has 1 heterocycles. The zero-order valence-corrected chi connectivity index (χ0v) is 10.6. The third-order valence-electron chi connectivity index (χ3n) is 3.79. The SMILES string of the molecule is Cc1cnccc1OCC1CCCCC1CN. The Morgan fingerprint density at radius 2 is 2.12 bits per heavy atom. The monoisotopic (exact) mass is 234 g/mol. The van der Waals surface area contributed by atoms with E-state index < -0.39 is 0 Å². The molecule has 0 spiro atoms. The highest BCUT2D eigenvalue weighted by atomic mass is 16.5. The van der Waals surface area contributed by atoms with Gasteiger partial charge in [-0.25, -0.2) is 0 Å². The number of hydrogen-bond donors (Lipinski definition) is 1. The van der Waals surface area contributed by atoms with Crippen LogP contribution in [-0.4, -0.2) is 18.1 Å². The maximum atomic E-state index is 5.91. The van der Waals surface area contributed by atoms with Gasteiger partial charge in [0.25, 0.3) is 0 Å². The minimum absolute atomic E-state index is 0.626. The molecule has 3 nitrogen and oxygen atoms in total. The summed E-state index contributed by atoms with van der Waals surface area (Å²) in [4.78, 5) is 4.07. The molecule has 0 saturated heterocycles. The van der Waals surface area contributed by atoms with Crippen molar-refractivity contribution in [2.45, 2.75) is 32.6 Å². The first-order chi connectivity index (χ1) is 8.31. The lowest BCUT2D eigenvalue weighted by molar-refractivity contribution is 0.152. The minimum atomic E-state index is 0.626. The predicted octanol–water partition coefficient (Wildman–Crippen LogP) is 2.53. The molecule has 1 aromatic rings. The van der Waals surface area contributed by atoms with Crippen LogP contribution < -0.4 is 10.5 Å². The predicted molar refractivity (Wildman–Crippen MR) is 69.0 cm³/mol. The van der Waals surface area contributed by atoms with E-state index in [2.05, 4.69) is 4.98 Å². The fourth-order valence-corrected chi connectivity index (χ4v) is 2.63. The topological polar surface area (TPSA) is 48.1 Å². The molecule has 2 atom stereocenters. The Balaban J connectivity index is 1.90. The van der Waals surface area contributed by atoms with Gasteiger partial charge in [0.1, 0.15) is 5.75 Å². The van der Waals surface area contributed by atoms with Crippen molar-refractivity contribution in [2.75, 3.05) is 13.2 Å². The molecule has 2 N–H and O–H groups in total. The number of hydrogen-bond acceptors (Lipinski definition) is 3. The highest BCUT2D eigenvalue weighted by Gasteiger charge is 2.24. The molecule has 1 aromatic heterocycles. The van der Waals surface area contributed by atoms with E-state index in [1.165, 1.54) is 25.7 Å². The first-order valence-corrected chi connectivity index (χ1v) is 6.54.